The second-order valence-corrected chi connectivity index (χ2v) is 2.15. The molecule has 11 heavy (non-hydrogen) atoms. The number of halogens is 1. The van der Waals surface area contributed by atoms with Gasteiger partial charge in [-0.25, -0.2) is 4.79 Å². The van der Waals surface area contributed by atoms with Gasteiger partial charge in [0.1, 0.15) is 10.8 Å². The molecule has 5 heteroatoms. The Morgan fingerprint density at radius 2 is 2.36 bits per heavy atom. The third kappa shape index (κ3) is 1.81. The zero-order valence-corrected chi connectivity index (χ0v) is 5.92. The van der Waals surface area contributed by atoms with Crippen molar-refractivity contribution in [3.8, 4) is 0 Å². The van der Waals surface area contributed by atoms with E-state index in [-0.39, 0.29) is 10.8 Å². The molecule has 0 bridgehead atoms. The Kier molecular flexibility index (Phi) is 1.96. The van der Waals surface area contributed by atoms with Crippen LogP contribution in [0.2, 0.25) is 0 Å². The summed E-state index contributed by atoms with van der Waals surface area (Å²) in [6, 6.07) is 0. The van der Waals surface area contributed by atoms with E-state index in [4.69, 9.17) is 11.6 Å². The second kappa shape index (κ2) is 2.75. The number of carboxylic acids is 1. The molecule has 1 aliphatic rings. The van der Waals surface area contributed by atoms with Crippen LogP contribution in [-0.4, -0.2) is 11.9 Å². The van der Waals surface area contributed by atoms with Crippen LogP contribution in [0.1, 0.15) is 0 Å². The molecule has 0 aromatic rings. The maximum absolute atomic E-state index is 10.5. The predicted octanol–water partition coefficient (Wildman–Crippen LogP) is -0.700. The number of ether oxygens (including phenoxy) is 1. The number of aliphatic carboxylic acids is 1. The lowest BCUT2D eigenvalue weighted by atomic mass is 10.4. The highest BCUT2D eigenvalue weighted by molar-refractivity contribution is 6.42. The first-order valence-electron chi connectivity index (χ1n) is 2.61. The SMILES string of the molecule is O=C([O-])/C=C1/C=C(Cl)C(=O)O1. The van der Waals surface area contributed by atoms with Gasteiger partial charge < -0.3 is 14.6 Å². The molecule has 0 saturated heterocycles. The molecule has 1 rings (SSSR count). The highest BCUT2D eigenvalue weighted by Crippen LogP contribution is 2.18. The molecular weight excluding hydrogens is 172 g/mol. The van der Waals surface area contributed by atoms with E-state index in [2.05, 4.69) is 4.74 Å². The highest BCUT2D eigenvalue weighted by Gasteiger charge is 2.18. The monoisotopic (exact) mass is 173 g/mol. The van der Waals surface area contributed by atoms with Crippen molar-refractivity contribution in [1.29, 1.82) is 0 Å². The predicted molar refractivity (Wildman–Crippen MR) is 33.1 cm³/mol. The van der Waals surface area contributed by atoms with Crippen molar-refractivity contribution in [3.63, 3.8) is 0 Å². The maximum Gasteiger partial charge on any atom is 0.355 e. The number of carboxylic acid groups (broad SMARTS) is 1. The van der Waals surface area contributed by atoms with Gasteiger partial charge in [-0.2, -0.15) is 0 Å². The lowest BCUT2D eigenvalue weighted by molar-refractivity contribution is -0.297. The molecule has 1 heterocycles. The number of rotatable bonds is 1. The van der Waals surface area contributed by atoms with E-state index in [1.165, 1.54) is 0 Å². The molecule has 0 radical (unpaired) electrons. The zero-order valence-electron chi connectivity index (χ0n) is 5.17. The molecule has 0 amide bonds. The van der Waals surface area contributed by atoms with E-state index >= 15 is 0 Å². The van der Waals surface area contributed by atoms with Crippen molar-refractivity contribution in [2.45, 2.75) is 0 Å². The fraction of sp³-hybridized carbons (Fsp3) is 0. The average Bonchev–Trinajstić information content (AvgIpc) is 2.10. The molecule has 0 unspecified atom stereocenters. The Hall–Kier alpha value is -1.29. The molecule has 4 nitrogen and oxygen atoms in total. The smallest absolute Gasteiger partial charge is 0.355 e. The topological polar surface area (TPSA) is 66.4 Å². The molecule has 0 atom stereocenters. The van der Waals surface area contributed by atoms with Crippen molar-refractivity contribution in [3.05, 3.63) is 22.9 Å². The third-order valence-electron chi connectivity index (χ3n) is 0.935. The molecule has 1 aliphatic heterocycles. The molecule has 0 aromatic carbocycles. The van der Waals surface area contributed by atoms with E-state index in [0.717, 1.165) is 6.08 Å². The van der Waals surface area contributed by atoms with Crippen LogP contribution < -0.4 is 5.11 Å². The minimum Gasteiger partial charge on any atom is -0.545 e. The van der Waals surface area contributed by atoms with Gasteiger partial charge in [0, 0.05) is 12.2 Å². The van der Waals surface area contributed by atoms with Crippen molar-refractivity contribution < 1.29 is 19.4 Å². The molecule has 0 saturated carbocycles. The van der Waals surface area contributed by atoms with Gasteiger partial charge in [0.15, 0.2) is 0 Å². The van der Waals surface area contributed by atoms with E-state index in [1.54, 1.807) is 0 Å². The first-order valence-corrected chi connectivity index (χ1v) is 2.99. The van der Waals surface area contributed by atoms with Crippen LogP contribution in [-0.2, 0) is 14.3 Å². The number of carbonyl (C=O) groups is 2. The quantitative estimate of drug-likeness (QED) is 0.389. The first-order chi connectivity index (χ1) is 5.09. The lowest BCUT2D eigenvalue weighted by Gasteiger charge is -1.94. The number of cyclic esters (lactones) is 1. The second-order valence-electron chi connectivity index (χ2n) is 1.75. The van der Waals surface area contributed by atoms with Crippen molar-refractivity contribution in [2.24, 2.45) is 0 Å². The molecule has 0 spiro atoms. The largest absolute Gasteiger partial charge is 0.545 e. The highest BCUT2D eigenvalue weighted by atomic mass is 35.5. The number of esters is 1. The van der Waals surface area contributed by atoms with E-state index in [1.807, 2.05) is 0 Å². The van der Waals surface area contributed by atoms with E-state index < -0.39 is 11.9 Å². The Balaban J connectivity index is 2.83. The van der Waals surface area contributed by atoms with Crippen molar-refractivity contribution in [1.82, 2.24) is 0 Å². The van der Waals surface area contributed by atoms with Crippen LogP contribution >= 0.6 is 11.6 Å². The van der Waals surface area contributed by atoms with Gasteiger partial charge in [-0.05, 0) is 0 Å². The van der Waals surface area contributed by atoms with Gasteiger partial charge in [-0.1, -0.05) is 11.6 Å². The fourth-order valence-electron chi connectivity index (χ4n) is 0.556. The van der Waals surface area contributed by atoms with Crippen LogP contribution in [0.4, 0.5) is 0 Å². The average molecular weight is 174 g/mol. The molecule has 0 N–H and O–H groups in total. The Morgan fingerprint density at radius 3 is 2.73 bits per heavy atom. The van der Waals surface area contributed by atoms with Gasteiger partial charge >= 0.3 is 5.97 Å². The summed E-state index contributed by atoms with van der Waals surface area (Å²) in [5.74, 6) is -2.30. The summed E-state index contributed by atoms with van der Waals surface area (Å²) in [4.78, 5) is 20.4. The summed E-state index contributed by atoms with van der Waals surface area (Å²) in [7, 11) is 0. The van der Waals surface area contributed by atoms with Gasteiger partial charge in [0.05, 0.1) is 5.97 Å². The third-order valence-corrected chi connectivity index (χ3v) is 1.20. The molecular formula is C6H2ClO4-. The number of carbonyl (C=O) groups excluding carboxylic acids is 2. The normalized spacial score (nSPS) is 19.9. The van der Waals surface area contributed by atoms with Gasteiger partial charge in [-0.15, -0.1) is 0 Å². The van der Waals surface area contributed by atoms with Crippen molar-refractivity contribution in [2.75, 3.05) is 0 Å². The number of hydrogen-bond donors (Lipinski definition) is 0. The summed E-state index contributed by atoms with van der Waals surface area (Å²) in [6.07, 6.45) is 1.76. The molecule has 0 fully saturated rings. The van der Waals surface area contributed by atoms with E-state index in [9.17, 15) is 14.7 Å². The lowest BCUT2D eigenvalue weighted by Crippen LogP contribution is -2.19. The summed E-state index contributed by atoms with van der Waals surface area (Å²) >= 11 is 5.27. The minimum atomic E-state index is -1.43. The van der Waals surface area contributed by atoms with Gasteiger partial charge in [0.2, 0.25) is 0 Å². The van der Waals surface area contributed by atoms with Gasteiger partial charge in [0.25, 0.3) is 0 Å². The maximum atomic E-state index is 10.5. The summed E-state index contributed by atoms with van der Waals surface area (Å²) in [5, 5.41) is 9.78. The van der Waals surface area contributed by atoms with Crippen LogP contribution in [0, 0.1) is 0 Å². The standard InChI is InChI=1S/C6H3ClO4/c7-4-1-3(2-5(8)9)11-6(4)10/h1-2H,(H,8,9)/p-1/b3-2-. The molecule has 0 aliphatic carbocycles. The first kappa shape index (κ1) is 7.81. The molecule has 58 valence electrons. The molecule has 0 aromatic heterocycles. The summed E-state index contributed by atoms with van der Waals surface area (Å²) in [6.45, 7) is 0. The van der Waals surface area contributed by atoms with Crippen LogP contribution in [0.3, 0.4) is 0 Å². The Morgan fingerprint density at radius 1 is 1.73 bits per heavy atom. The van der Waals surface area contributed by atoms with Crippen LogP contribution in [0.15, 0.2) is 22.9 Å². The minimum absolute atomic E-state index is 0.111. The van der Waals surface area contributed by atoms with Crippen molar-refractivity contribution >= 4 is 23.5 Å². The Bertz CT molecular complexity index is 276. The summed E-state index contributed by atoms with van der Waals surface area (Å²) < 4.78 is 4.36. The van der Waals surface area contributed by atoms with Crippen LogP contribution in [0.25, 0.3) is 0 Å². The zero-order chi connectivity index (χ0) is 8.43. The summed E-state index contributed by atoms with van der Waals surface area (Å²) in [5.41, 5.74) is 0. The van der Waals surface area contributed by atoms with Crippen LogP contribution in [0.5, 0.6) is 0 Å². The number of allylic oxidation sites excluding steroid dienone is 1. The Labute approximate surface area is 66.7 Å². The van der Waals surface area contributed by atoms with E-state index in [0.29, 0.717) is 6.08 Å². The van der Waals surface area contributed by atoms with Gasteiger partial charge in [-0.3, -0.25) is 0 Å². The number of hydrogen-bond acceptors (Lipinski definition) is 4. The fourth-order valence-corrected chi connectivity index (χ4v) is 0.702.